The third-order valence-corrected chi connectivity index (χ3v) is 7.29. The van der Waals surface area contributed by atoms with Crippen LogP contribution in [0.15, 0.2) is 42.6 Å². The Morgan fingerprint density at radius 3 is 2.59 bits per heavy atom. The van der Waals surface area contributed by atoms with E-state index in [1.165, 1.54) is 18.2 Å². The maximum Gasteiger partial charge on any atom is 1.00 e. The van der Waals surface area contributed by atoms with Crippen molar-refractivity contribution in [1.29, 1.82) is 0 Å². The zero-order valence-electron chi connectivity index (χ0n) is 22.9. The van der Waals surface area contributed by atoms with E-state index in [9.17, 15) is 19.1 Å². The molecule has 0 aliphatic carbocycles. The van der Waals surface area contributed by atoms with E-state index in [1.54, 1.807) is 29.3 Å². The number of halogens is 2. The Bertz CT molecular complexity index is 1400. The standard InChI is InChI=1S/C27H30ClFN8O3.Li/c1-35-8-10-36(11-9-35)7-5-25(38)32-24-13-19(4-6-30-24)31-23-14-22(20-12-18(28)2-3-21(20)29)33-34-26(23)37-15-17(16-37)27(39)40;/h2-4,6,12-14,17H,5,7-11,15-16H2,1H3,(H,39,40)(H2,30,31,32,33,38);/q;+1/p-1. The van der Waals surface area contributed by atoms with Gasteiger partial charge in [-0.05, 0) is 37.4 Å². The van der Waals surface area contributed by atoms with Gasteiger partial charge in [-0.25, -0.2) is 9.37 Å². The molecule has 1 aromatic carbocycles. The number of anilines is 4. The number of carboxylic acid groups (broad SMARTS) is 1. The number of nitrogens with zero attached hydrogens (tertiary/aromatic N) is 6. The van der Waals surface area contributed by atoms with Crippen LogP contribution in [0, 0.1) is 11.7 Å². The molecule has 2 saturated heterocycles. The second kappa shape index (κ2) is 13.6. The fraction of sp³-hybridized carbons (Fsp3) is 0.370. The minimum absolute atomic E-state index is 0. The number of pyridine rings is 1. The van der Waals surface area contributed by atoms with Gasteiger partial charge < -0.3 is 35.2 Å². The van der Waals surface area contributed by atoms with Crippen molar-refractivity contribution in [2.45, 2.75) is 6.42 Å². The van der Waals surface area contributed by atoms with Crippen molar-refractivity contribution < 1.29 is 37.9 Å². The Kier molecular flexibility index (Phi) is 10.2. The third-order valence-electron chi connectivity index (χ3n) is 7.05. The van der Waals surface area contributed by atoms with Crippen LogP contribution in [0.2, 0.25) is 5.02 Å². The number of amides is 1. The van der Waals surface area contributed by atoms with E-state index < -0.39 is 17.7 Å². The summed E-state index contributed by atoms with van der Waals surface area (Å²) in [6, 6.07) is 9.17. The van der Waals surface area contributed by atoms with Crippen molar-refractivity contribution in [1.82, 2.24) is 25.0 Å². The number of likely N-dealkylation sites (N-methyl/N-ethyl adjacent to an activating group) is 1. The molecule has 0 unspecified atom stereocenters. The van der Waals surface area contributed by atoms with Gasteiger partial charge in [0, 0.05) is 92.7 Å². The molecule has 2 aliphatic heterocycles. The van der Waals surface area contributed by atoms with Crippen LogP contribution in [0.5, 0.6) is 0 Å². The molecule has 210 valence electrons. The summed E-state index contributed by atoms with van der Waals surface area (Å²) < 4.78 is 14.6. The smallest absolute Gasteiger partial charge is 0.550 e. The number of piperazine rings is 1. The SMILES string of the molecule is CN1CCN(CCC(=O)Nc2cc(Nc3cc(-c4cc(Cl)ccc4F)nnc3N3CC(C(=O)[O-])C3)ccn2)CC1.[Li+]. The summed E-state index contributed by atoms with van der Waals surface area (Å²) in [6.07, 6.45) is 1.91. The van der Waals surface area contributed by atoms with Crippen molar-refractivity contribution in [3.05, 3.63) is 53.4 Å². The number of rotatable bonds is 9. The van der Waals surface area contributed by atoms with Gasteiger partial charge in [0.25, 0.3) is 0 Å². The van der Waals surface area contributed by atoms with Crippen molar-refractivity contribution in [3.63, 3.8) is 0 Å². The number of hydrogen-bond acceptors (Lipinski definition) is 10. The maximum atomic E-state index is 14.6. The van der Waals surface area contributed by atoms with Crippen molar-refractivity contribution in [3.8, 4) is 11.3 Å². The van der Waals surface area contributed by atoms with Crippen LogP contribution < -0.4 is 39.5 Å². The summed E-state index contributed by atoms with van der Waals surface area (Å²) in [7, 11) is 2.09. The van der Waals surface area contributed by atoms with Gasteiger partial charge in [0.1, 0.15) is 11.6 Å². The van der Waals surface area contributed by atoms with Gasteiger partial charge in [0.15, 0.2) is 5.82 Å². The van der Waals surface area contributed by atoms with E-state index in [-0.39, 0.29) is 49.1 Å². The van der Waals surface area contributed by atoms with E-state index >= 15 is 0 Å². The number of carboxylic acids is 1. The molecule has 2 aliphatic rings. The molecule has 2 N–H and O–H groups in total. The third kappa shape index (κ3) is 7.72. The van der Waals surface area contributed by atoms with Gasteiger partial charge in [-0.15, -0.1) is 10.2 Å². The van der Waals surface area contributed by atoms with E-state index in [0.29, 0.717) is 41.0 Å². The molecular formula is C27H29ClFLiN8O3. The molecule has 0 atom stereocenters. The molecule has 2 fully saturated rings. The average Bonchev–Trinajstić information content (AvgIpc) is 2.90. The van der Waals surface area contributed by atoms with Gasteiger partial charge in [-0.3, -0.25) is 4.79 Å². The van der Waals surface area contributed by atoms with E-state index in [1.807, 2.05) is 0 Å². The molecule has 41 heavy (non-hydrogen) atoms. The predicted octanol–water partition coefficient (Wildman–Crippen LogP) is -1.16. The summed E-state index contributed by atoms with van der Waals surface area (Å²) >= 11 is 6.08. The number of carbonyl (C=O) groups is 2. The van der Waals surface area contributed by atoms with Crippen LogP contribution in [0.3, 0.4) is 0 Å². The van der Waals surface area contributed by atoms with E-state index in [0.717, 1.165) is 26.2 Å². The largest absolute Gasteiger partial charge is 1.00 e. The predicted molar refractivity (Wildman–Crippen MR) is 148 cm³/mol. The molecule has 1 amide bonds. The first kappa shape index (κ1) is 30.7. The van der Waals surface area contributed by atoms with Crippen molar-refractivity contribution in [2.24, 2.45) is 5.92 Å². The van der Waals surface area contributed by atoms with Crippen LogP contribution in [0.25, 0.3) is 11.3 Å². The number of aliphatic carboxylic acids is 1. The molecular weight excluding hydrogens is 546 g/mol. The van der Waals surface area contributed by atoms with Crippen molar-refractivity contribution >= 4 is 46.5 Å². The van der Waals surface area contributed by atoms with Crippen LogP contribution in [0.1, 0.15) is 6.42 Å². The Hall–Kier alpha value is -3.27. The Balaban J connectivity index is 0.00000387. The number of aromatic nitrogens is 3. The molecule has 5 rings (SSSR count). The van der Waals surface area contributed by atoms with Crippen LogP contribution in [0.4, 0.5) is 27.4 Å². The molecule has 11 nitrogen and oxygen atoms in total. The van der Waals surface area contributed by atoms with Crippen molar-refractivity contribution in [2.75, 3.05) is 68.4 Å². The summed E-state index contributed by atoms with van der Waals surface area (Å²) in [5.41, 5.74) is 1.48. The number of hydrogen-bond donors (Lipinski definition) is 2. The first-order valence-corrected chi connectivity index (χ1v) is 13.4. The zero-order chi connectivity index (χ0) is 28.2. The topological polar surface area (TPSA) is 130 Å². The fourth-order valence-electron chi connectivity index (χ4n) is 4.61. The molecule has 0 saturated carbocycles. The summed E-state index contributed by atoms with van der Waals surface area (Å²) in [6.45, 7) is 4.94. The summed E-state index contributed by atoms with van der Waals surface area (Å²) in [5, 5.41) is 26.1. The Labute approximate surface area is 254 Å². The Morgan fingerprint density at radius 1 is 1.10 bits per heavy atom. The van der Waals surface area contributed by atoms with E-state index in [2.05, 4.69) is 42.7 Å². The Morgan fingerprint density at radius 2 is 1.85 bits per heavy atom. The van der Waals surface area contributed by atoms with Crippen LogP contribution in [-0.4, -0.2) is 89.7 Å². The maximum absolute atomic E-state index is 14.6. The first-order chi connectivity index (χ1) is 19.2. The molecule has 0 spiro atoms. The fourth-order valence-corrected chi connectivity index (χ4v) is 4.78. The number of carbonyl (C=O) groups excluding carboxylic acids is 2. The normalized spacial score (nSPS) is 16.0. The molecule has 3 aromatic rings. The van der Waals surface area contributed by atoms with Crippen LogP contribution in [-0.2, 0) is 9.59 Å². The first-order valence-electron chi connectivity index (χ1n) is 13.0. The molecule has 4 heterocycles. The second-order valence-electron chi connectivity index (χ2n) is 10.0. The monoisotopic (exact) mass is 574 g/mol. The molecule has 2 aromatic heterocycles. The summed E-state index contributed by atoms with van der Waals surface area (Å²) in [4.78, 5) is 34.4. The second-order valence-corrected chi connectivity index (χ2v) is 10.4. The summed E-state index contributed by atoms with van der Waals surface area (Å²) in [5.74, 6) is -1.62. The molecule has 0 radical (unpaired) electrons. The van der Waals surface area contributed by atoms with Crippen LogP contribution >= 0.6 is 11.6 Å². The van der Waals surface area contributed by atoms with Gasteiger partial charge in [-0.2, -0.15) is 0 Å². The van der Waals surface area contributed by atoms with Gasteiger partial charge in [-0.1, -0.05) is 11.6 Å². The average molecular weight is 575 g/mol. The minimum Gasteiger partial charge on any atom is -0.550 e. The minimum atomic E-state index is -1.13. The number of nitrogens with one attached hydrogen (secondary N) is 2. The van der Waals surface area contributed by atoms with Gasteiger partial charge in [0.2, 0.25) is 5.91 Å². The zero-order valence-corrected chi connectivity index (χ0v) is 23.7. The molecule has 0 bridgehead atoms. The molecule has 14 heteroatoms. The van der Waals surface area contributed by atoms with E-state index in [4.69, 9.17) is 11.6 Å². The van der Waals surface area contributed by atoms with Gasteiger partial charge >= 0.3 is 18.9 Å². The number of benzene rings is 1. The quantitative estimate of drug-likeness (QED) is 0.302. The van der Waals surface area contributed by atoms with Gasteiger partial charge in [0.05, 0.1) is 11.4 Å².